The molecule has 4 rings (SSSR count). The van der Waals surface area contributed by atoms with Crippen LogP contribution in [0.3, 0.4) is 0 Å². The van der Waals surface area contributed by atoms with Crippen LogP contribution in [0.1, 0.15) is 47.1 Å². The van der Waals surface area contributed by atoms with Gasteiger partial charge >= 0.3 is 0 Å². The minimum absolute atomic E-state index is 0.0507. The Morgan fingerprint density at radius 1 is 0.844 bits per heavy atom. The number of hydrogen-bond acceptors (Lipinski definition) is 4. The van der Waals surface area contributed by atoms with Crippen molar-refractivity contribution in [1.29, 1.82) is 0 Å². The lowest BCUT2D eigenvalue weighted by molar-refractivity contribution is -0.118. The topological polar surface area (TPSA) is 75.7 Å². The van der Waals surface area contributed by atoms with Crippen LogP contribution in [-0.4, -0.2) is 24.3 Å². The van der Waals surface area contributed by atoms with Gasteiger partial charge < -0.3 is 10.1 Å². The Morgan fingerprint density at radius 2 is 1.41 bits per heavy atom. The van der Waals surface area contributed by atoms with Crippen LogP contribution in [0.25, 0.3) is 0 Å². The van der Waals surface area contributed by atoms with Crippen LogP contribution in [-0.2, 0) is 10.2 Å². The van der Waals surface area contributed by atoms with Gasteiger partial charge in [-0.25, -0.2) is 4.90 Å². The van der Waals surface area contributed by atoms with Crippen LogP contribution >= 0.6 is 0 Å². The fourth-order valence-electron chi connectivity index (χ4n) is 3.51. The number of fused-ring (bicyclic) bond motifs is 1. The fourth-order valence-corrected chi connectivity index (χ4v) is 3.51. The van der Waals surface area contributed by atoms with Gasteiger partial charge in [0.1, 0.15) is 5.75 Å². The van der Waals surface area contributed by atoms with E-state index in [1.807, 2.05) is 24.3 Å². The maximum atomic E-state index is 12.6. The average molecular weight is 428 g/mol. The zero-order valence-electron chi connectivity index (χ0n) is 18.2. The third-order valence-corrected chi connectivity index (χ3v) is 5.29. The Balaban J connectivity index is 1.35. The summed E-state index contributed by atoms with van der Waals surface area (Å²) in [4.78, 5) is 38.6. The molecule has 0 aromatic heterocycles. The van der Waals surface area contributed by atoms with E-state index >= 15 is 0 Å². The maximum Gasteiger partial charge on any atom is 0.266 e. The minimum Gasteiger partial charge on any atom is -0.484 e. The first-order valence-corrected chi connectivity index (χ1v) is 10.3. The summed E-state index contributed by atoms with van der Waals surface area (Å²) in [6.07, 6.45) is 0. The fraction of sp³-hybridized carbons (Fsp3) is 0.192. The number of carbonyl (C=O) groups is 3. The lowest BCUT2D eigenvalue weighted by atomic mass is 9.87. The number of carbonyl (C=O) groups excluding carboxylic acids is 3. The Morgan fingerprint density at radius 3 is 1.94 bits per heavy atom. The van der Waals surface area contributed by atoms with Gasteiger partial charge in [0.2, 0.25) is 0 Å². The van der Waals surface area contributed by atoms with Crippen LogP contribution < -0.4 is 15.0 Å². The van der Waals surface area contributed by atoms with E-state index in [9.17, 15) is 14.4 Å². The molecule has 6 nitrogen and oxygen atoms in total. The van der Waals surface area contributed by atoms with Crippen LogP contribution in [0.2, 0.25) is 0 Å². The molecule has 0 unspecified atom stereocenters. The molecule has 0 saturated heterocycles. The van der Waals surface area contributed by atoms with Crippen molar-refractivity contribution in [3.8, 4) is 5.75 Å². The molecule has 1 aliphatic heterocycles. The molecule has 6 heteroatoms. The third kappa shape index (κ3) is 4.25. The van der Waals surface area contributed by atoms with E-state index in [2.05, 4.69) is 26.1 Å². The molecule has 0 radical (unpaired) electrons. The first kappa shape index (κ1) is 21.3. The van der Waals surface area contributed by atoms with E-state index in [1.54, 1.807) is 48.5 Å². The summed E-state index contributed by atoms with van der Waals surface area (Å²) in [7, 11) is 0. The van der Waals surface area contributed by atoms with E-state index in [0.717, 1.165) is 4.90 Å². The van der Waals surface area contributed by atoms with Gasteiger partial charge in [0.05, 0.1) is 16.8 Å². The predicted molar refractivity (Wildman–Crippen MR) is 123 cm³/mol. The number of anilines is 2. The molecule has 1 aliphatic rings. The maximum absolute atomic E-state index is 12.6. The van der Waals surface area contributed by atoms with Crippen LogP contribution in [0, 0.1) is 0 Å². The molecule has 3 aromatic carbocycles. The monoisotopic (exact) mass is 428 g/mol. The molecule has 1 heterocycles. The van der Waals surface area contributed by atoms with Crippen LogP contribution in [0.4, 0.5) is 11.4 Å². The zero-order chi connectivity index (χ0) is 22.9. The Hall–Kier alpha value is -3.93. The molecule has 162 valence electrons. The number of imide groups is 1. The van der Waals surface area contributed by atoms with Crippen molar-refractivity contribution in [2.75, 3.05) is 16.8 Å². The zero-order valence-corrected chi connectivity index (χ0v) is 18.2. The SMILES string of the molecule is CC(C)(C)c1ccc(OCC(=O)Nc2ccc(N3C(=O)c4ccccc4C3=O)cc2)cc1. The number of rotatable bonds is 5. The van der Waals surface area contributed by atoms with Gasteiger partial charge in [0.15, 0.2) is 6.61 Å². The molecule has 0 bridgehead atoms. The highest BCUT2D eigenvalue weighted by Crippen LogP contribution is 2.29. The summed E-state index contributed by atoms with van der Waals surface area (Å²) < 4.78 is 5.57. The second-order valence-corrected chi connectivity index (χ2v) is 8.65. The van der Waals surface area contributed by atoms with Gasteiger partial charge in [-0.2, -0.15) is 0 Å². The largest absolute Gasteiger partial charge is 0.484 e. The first-order valence-electron chi connectivity index (χ1n) is 10.3. The number of benzene rings is 3. The summed E-state index contributed by atoms with van der Waals surface area (Å²) in [5, 5.41) is 2.75. The van der Waals surface area contributed by atoms with Gasteiger partial charge in [-0.1, -0.05) is 45.0 Å². The molecular formula is C26H24N2O4. The molecule has 0 aliphatic carbocycles. The molecule has 32 heavy (non-hydrogen) atoms. The molecule has 0 saturated carbocycles. The lowest BCUT2D eigenvalue weighted by Gasteiger charge is -2.19. The predicted octanol–water partition coefficient (Wildman–Crippen LogP) is 4.80. The minimum atomic E-state index is -0.353. The smallest absolute Gasteiger partial charge is 0.266 e. The van der Waals surface area contributed by atoms with Crippen molar-refractivity contribution in [3.63, 3.8) is 0 Å². The number of nitrogens with zero attached hydrogens (tertiary/aromatic N) is 1. The summed E-state index contributed by atoms with van der Waals surface area (Å²) in [6, 6.07) is 21.0. The Kier molecular flexibility index (Phi) is 5.53. The van der Waals surface area contributed by atoms with E-state index < -0.39 is 0 Å². The summed E-state index contributed by atoms with van der Waals surface area (Å²) in [5.74, 6) is -0.394. The highest BCUT2D eigenvalue weighted by atomic mass is 16.5. The van der Waals surface area contributed by atoms with Crippen molar-refractivity contribution in [3.05, 3.63) is 89.5 Å². The second kappa shape index (κ2) is 8.30. The van der Waals surface area contributed by atoms with Gasteiger partial charge in [-0.05, 0) is 59.5 Å². The molecule has 0 atom stereocenters. The summed E-state index contributed by atoms with van der Waals surface area (Å²) in [6.45, 7) is 6.27. The number of hydrogen-bond donors (Lipinski definition) is 1. The Labute approximate surface area is 186 Å². The van der Waals surface area contributed by atoms with Crippen LogP contribution in [0.15, 0.2) is 72.8 Å². The van der Waals surface area contributed by atoms with E-state index in [0.29, 0.717) is 28.3 Å². The number of nitrogens with one attached hydrogen (secondary N) is 1. The van der Waals surface area contributed by atoms with Gasteiger partial charge in [-0.15, -0.1) is 0 Å². The molecule has 3 amide bonds. The van der Waals surface area contributed by atoms with E-state index in [4.69, 9.17) is 4.74 Å². The third-order valence-electron chi connectivity index (χ3n) is 5.29. The lowest BCUT2D eigenvalue weighted by Crippen LogP contribution is -2.29. The summed E-state index contributed by atoms with van der Waals surface area (Å²) >= 11 is 0. The summed E-state index contributed by atoms with van der Waals surface area (Å²) in [5.41, 5.74) is 3.01. The molecule has 0 spiro atoms. The van der Waals surface area contributed by atoms with Crippen molar-refractivity contribution in [1.82, 2.24) is 0 Å². The van der Waals surface area contributed by atoms with Crippen molar-refractivity contribution < 1.29 is 19.1 Å². The molecule has 0 fully saturated rings. The van der Waals surface area contributed by atoms with Crippen molar-refractivity contribution >= 4 is 29.1 Å². The highest BCUT2D eigenvalue weighted by molar-refractivity contribution is 6.34. The molecule has 3 aromatic rings. The van der Waals surface area contributed by atoms with Crippen molar-refractivity contribution in [2.45, 2.75) is 26.2 Å². The van der Waals surface area contributed by atoms with Crippen molar-refractivity contribution in [2.24, 2.45) is 0 Å². The quantitative estimate of drug-likeness (QED) is 0.592. The molecular weight excluding hydrogens is 404 g/mol. The Bertz CT molecular complexity index is 1140. The van der Waals surface area contributed by atoms with E-state index in [-0.39, 0.29) is 29.7 Å². The van der Waals surface area contributed by atoms with Crippen LogP contribution in [0.5, 0.6) is 5.75 Å². The van der Waals surface area contributed by atoms with E-state index in [1.165, 1.54) is 5.56 Å². The average Bonchev–Trinajstić information content (AvgIpc) is 3.03. The standard InChI is InChI=1S/C26H24N2O4/c1-26(2,3)17-8-14-20(15-9-17)32-16-23(29)27-18-10-12-19(13-11-18)28-24(30)21-6-4-5-7-22(21)25(28)31/h4-15H,16H2,1-3H3,(H,27,29). The number of amides is 3. The number of ether oxygens (including phenoxy) is 1. The second-order valence-electron chi connectivity index (χ2n) is 8.65. The normalized spacial score (nSPS) is 13.2. The van der Waals surface area contributed by atoms with Gasteiger partial charge in [0.25, 0.3) is 17.7 Å². The molecule has 1 N–H and O–H groups in total. The highest BCUT2D eigenvalue weighted by Gasteiger charge is 2.36. The first-order chi connectivity index (χ1) is 15.2. The van der Waals surface area contributed by atoms with Gasteiger partial charge in [-0.3, -0.25) is 14.4 Å². The van der Waals surface area contributed by atoms with Gasteiger partial charge in [0, 0.05) is 5.69 Å².